The van der Waals surface area contributed by atoms with Gasteiger partial charge in [-0.1, -0.05) is 27.2 Å². The summed E-state index contributed by atoms with van der Waals surface area (Å²) in [4.78, 5) is 11.7. The van der Waals surface area contributed by atoms with E-state index in [0.717, 1.165) is 19.3 Å². The molecule has 5 atom stereocenters. The minimum atomic E-state index is -1.26. The number of ether oxygens (including phenoxy) is 1. The molecule has 0 aromatic rings. The lowest BCUT2D eigenvalue weighted by Crippen LogP contribution is -2.68. The van der Waals surface area contributed by atoms with E-state index in [2.05, 4.69) is 20.8 Å². The molecule has 0 spiro atoms. The Hall–Kier alpha value is -0.870. The van der Waals surface area contributed by atoms with Crippen LogP contribution in [0.15, 0.2) is 11.6 Å². The van der Waals surface area contributed by atoms with Crippen molar-refractivity contribution in [1.29, 1.82) is 0 Å². The molecule has 21 heavy (non-hydrogen) atoms. The van der Waals surface area contributed by atoms with Crippen LogP contribution >= 0.6 is 0 Å². The second-order valence-corrected chi connectivity index (χ2v) is 8.01. The molecule has 118 valence electrons. The zero-order valence-electron chi connectivity index (χ0n) is 13.3. The lowest BCUT2D eigenvalue weighted by Gasteiger charge is -2.64. The summed E-state index contributed by atoms with van der Waals surface area (Å²) in [6, 6.07) is 0. The van der Waals surface area contributed by atoms with Crippen LogP contribution in [0.25, 0.3) is 0 Å². The highest BCUT2D eigenvalue weighted by molar-refractivity contribution is 5.85. The van der Waals surface area contributed by atoms with E-state index in [1.807, 2.05) is 0 Å². The molecule has 0 unspecified atom stereocenters. The molecule has 0 aromatic heterocycles. The van der Waals surface area contributed by atoms with Crippen LogP contribution in [0.3, 0.4) is 0 Å². The summed E-state index contributed by atoms with van der Waals surface area (Å²) in [6.45, 7) is 8.29. The van der Waals surface area contributed by atoms with Gasteiger partial charge in [0.25, 0.3) is 0 Å². The fraction of sp³-hybridized carbons (Fsp3) is 0.824. The Bertz CT molecular complexity index is 509. The van der Waals surface area contributed by atoms with Crippen molar-refractivity contribution in [2.75, 3.05) is 0 Å². The first-order valence-corrected chi connectivity index (χ1v) is 7.96. The van der Waals surface area contributed by atoms with Gasteiger partial charge in [-0.15, -0.1) is 0 Å². The quantitative estimate of drug-likeness (QED) is 0.672. The van der Waals surface area contributed by atoms with Crippen LogP contribution in [0.4, 0.5) is 0 Å². The molecule has 0 amide bonds. The van der Waals surface area contributed by atoms with Gasteiger partial charge in [0, 0.05) is 17.1 Å². The monoisotopic (exact) mass is 294 g/mol. The van der Waals surface area contributed by atoms with Crippen molar-refractivity contribution in [2.24, 2.45) is 16.7 Å². The molecule has 3 rings (SSSR count). The zero-order chi connectivity index (χ0) is 15.6. The molecule has 1 aliphatic heterocycles. The lowest BCUT2D eigenvalue weighted by molar-refractivity contribution is -0.224. The number of fused-ring (bicyclic) bond motifs is 3. The van der Waals surface area contributed by atoms with Gasteiger partial charge >= 0.3 is 5.97 Å². The fourth-order valence-electron chi connectivity index (χ4n) is 5.42. The SMILES string of the molecule is C[C@@H]1OC(=O)C=C2[C@H](O)C[C@H]3C(C)(C)CCC[C@]3(C)[C@]21O. The lowest BCUT2D eigenvalue weighted by atomic mass is 9.44. The Morgan fingerprint density at radius 2 is 1.95 bits per heavy atom. The molecule has 0 radical (unpaired) electrons. The molecular weight excluding hydrogens is 268 g/mol. The molecule has 2 fully saturated rings. The van der Waals surface area contributed by atoms with E-state index in [0.29, 0.717) is 12.0 Å². The zero-order valence-corrected chi connectivity index (χ0v) is 13.3. The summed E-state index contributed by atoms with van der Waals surface area (Å²) in [5.41, 5.74) is -1.11. The van der Waals surface area contributed by atoms with E-state index in [1.54, 1.807) is 6.92 Å². The standard InChI is InChI=1S/C17H26O4/c1-10-17(20)11(8-14(19)21-10)12(18)9-13-15(2,3)6-5-7-16(13,17)4/h8,10,12-13,18,20H,5-7,9H2,1-4H3/t10-,12+,13-,16-,17+/m0/s1. The average molecular weight is 294 g/mol. The Kier molecular flexibility index (Phi) is 3.10. The summed E-state index contributed by atoms with van der Waals surface area (Å²) in [7, 11) is 0. The third kappa shape index (κ3) is 1.78. The number of aliphatic hydroxyl groups is 2. The smallest absolute Gasteiger partial charge is 0.331 e. The maximum Gasteiger partial charge on any atom is 0.331 e. The van der Waals surface area contributed by atoms with Crippen molar-refractivity contribution < 1.29 is 19.7 Å². The Labute approximate surface area is 126 Å². The minimum Gasteiger partial charge on any atom is -0.456 e. The van der Waals surface area contributed by atoms with Crippen molar-refractivity contribution in [1.82, 2.24) is 0 Å². The second-order valence-electron chi connectivity index (χ2n) is 8.01. The molecule has 0 saturated heterocycles. The summed E-state index contributed by atoms with van der Waals surface area (Å²) in [6.07, 6.45) is 3.58. The minimum absolute atomic E-state index is 0.0659. The number of esters is 1. The first-order chi connectivity index (χ1) is 9.63. The first-order valence-electron chi connectivity index (χ1n) is 7.96. The van der Waals surface area contributed by atoms with Gasteiger partial charge in [-0.3, -0.25) is 0 Å². The first kappa shape index (κ1) is 15.0. The summed E-state index contributed by atoms with van der Waals surface area (Å²) in [5.74, 6) is -0.256. The van der Waals surface area contributed by atoms with Gasteiger partial charge < -0.3 is 14.9 Å². The van der Waals surface area contributed by atoms with Crippen LogP contribution in [0, 0.1) is 16.7 Å². The molecular formula is C17H26O4. The number of hydrogen-bond donors (Lipinski definition) is 2. The molecule has 0 bridgehead atoms. The molecule has 4 nitrogen and oxygen atoms in total. The Morgan fingerprint density at radius 3 is 2.62 bits per heavy atom. The number of carbonyl (C=O) groups excluding carboxylic acids is 1. The number of carbonyl (C=O) groups is 1. The maximum atomic E-state index is 11.7. The van der Waals surface area contributed by atoms with Gasteiger partial charge in [0.15, 0.2) is 0 Å². The van der Waals surface area contributed by atoms with Gasteiger partial charge in [0.2, 0.25) is 0 Å². The summed E-state index contributed by atoms with van der Waals surface area (Å²) >= 11 is 0. The third-order valence-electron chi connectivity index (χ3n) is 6.51. The fourth-order valence-corrected chi connectivity index (χ4v) is 5.42. The van der Waals surface area contributed by atoms with Gasteiger partial charge in [-0.2, -0.15) is 0 Å². The third-order valence-corrected chi connectivity index (χ3v) is 6.51. The van der Waals surface area contributed by atoms with Gasteiger partial charge in [0.05, 0.1) is 6.10 Å². The predicted molar refractivity (Wildman–Crippen MR) is 78.4 cm³/mol. The molecule has 2 N–H and O–H groups in total. The summed E-state index contributed by atoms with van der Waals surface area (Å²) < 4.78 is 5.31. The van der Waals surface area contributed by atoms with E-state index < -0.39 is 23.8 Å². The maximum absolute atomic E-state index is 11.7. The van der Waals surface area contributed by atoms with Crippen LogP contribution in [-0.2, 0) is 9.53 Å². The van der Waals surface area contributed by atoms with Crippen molar-refractivity contribution in [3.05, 3.63) is 11.6 Å². The van der Waals surface area contributed by atoms with Crippen molar-refractivity contribution in [3.63, 3.8) is 0 Å². The van der Waals surface area contributed by atoms with E-state index in [9.17, 15) is 15.0 Å². The Morgan fingerprint density at radius 1 is 1.29 bits per heavy atom. The van der Waals surface area contributed by atoms with Gasteiger partial charge in [-0.05, 0) is 37.5 Å². The highest BCUT2D eigenvalue weighted by Crippen LogP contribution is 2.64. The molecule has 1 heterocycles. The summed E-state index contributed by atoms with van der Waals surface area (Å²) in [5, 5.41) is 22.1. The van der Waals surface area contributed by atoms with E-state index >= 15 is 0 Å². The van der Waals surface area contributed by atoms with E-state index in [1.165, 1.54) is 6.08 Å². The second kappa shape index (κ2) is 4.32. The average Bonchev–Trinajstić information content (AvgIpc) is 2.36. The number of rotatable bonds is 0. The van der Waals surface area contributed by atoms with Crippen molar-refractivity contribution >= 4 is 5.97 Å². The van der Waals surface area contributed by atoms with Crippen LogP contribution in [-0.4, -0.2) is 34.0 Å². The van der Waals surface area contributed by atoms with Crippen LogP contribution in [0.5, 0.6) is 0 Å². The molecule has 2 aliphatic carbocycles. The van der Waals surface area contributed by atoms with Crippen molar-refractivity contribution in [2.45, 2.75) is 71.2 Å². The van der Waals surface area contributed by atoms with Gasteiger partial charge in [-0.25, -0.2) is 4.79 Å². The molecule has 3 aliphatic rings. The number of cyclic esters (lactones) is 1. The van der Waals surface area contributed by atoms with Crippen LogP contribution in [0.2, 0.25) is 0 Å². The largest absolute Gasteiger partial charge is 0.456 e. The number of aliphatic hydroxyl groups excluding tert-OH is 1. The normalized spacial score (nSPS) is 48.8. The molecule has 0 aromatic carbocycles. The van der Waals surface area contributed by atoms with Crippen LogP contribution in [0.1, 0.15) is 53.4 Å². The highest BCUT2D eigenvalue weighted by atomic mass is 16.6. The Balaban J connectivity index is 2.17. The van der Waals surface area contributed by atoms with E-state index in [-0.39, 0.29) is 16.7 Å². The molecule has 4 heteroatoms. The van der Waals surface area contributed by atoms with E-state index in [4.69, 9.17) is 4.74 Å². The van der Waals surface area contributed by atoms with Crippen molar-refractivity contribution in [3.8, 4) is 0 Å². The number of hydrogen-bond acceptors (Lipinski definition) is 4. The topological polar surface area (TPSA) is 66.8 Å². The van der Waals surface area contributed by atoms with Crippen LogP contribution < -0.4 is 0 Å². The highest BCUT2D eigenvalue weighted by Gasteiger charge is 2.66. The molecule has 2 saturated carbocycles. The van der Waals surface area contributed by atoms with Gasteiger partial charge in [0.1, 0.15) is 11.7 Å². The predicted octanol–water partition coefficient (Wildman–Crippen LogP) is 2.19.